The standard InChI is InChI=1S/C18H19BrN2O2/c19-14-6-8-16(9-7-14)23-17(13-4-2-1-3-5-13)18(22)21-15-10-11-20-12-15/h1-9,15,17,20H,10-12H2,(H,21,22). The van der Waals surface area contributed by atoms with Crippen LogP contribution in [0.4, 0.5) is 0 Å². The minimum atomic E-state index is -0.655. The van der Waals surface area contributed by atoms with Crippen LogP contribution in [-0.4, -0.2) is 25.0 Å². The van der Waals surface area contributed by atoms with Gasteiger partial charge in [-0.3, -0.25) is 4.79 Å². The lowest BCUT2D eigenvalue weighted by Crippen LogP contribution is -2.40. The van der Waals surface area contributed by atoms with Crippen LogP contribution in [0, 0.1) is 0 Å². The minimum absolute atomic E-state index is 0.104. The van der Waals surface area contributed by atoms with E-state index in [4.69, 9.17) is 4.74 Å². The molecule has 23 heavy (non-hydrogen) atoms. The molecule has 4 nitrogen and oxygen atoms in total. The Labute approximate surface area is 144 Å². The third kappa shape index (κ3) is 4.33. The molecule has 1 aliphatic heterocycles. The van der Waals surface area contributed by atoms with Crippen LogP contribution >= 0.6 is 15.9 Å². The van der Waals surface area contributed by atoms with E-state index in [0.29, 0.717) is 5.75 Å². The molecule has 5 heteroatoms. The van der Waals surface area contributed by atoms with E-state index in [2.05, 4.69) is 26.6 Å². The number of halogens is 1. The SMILES string of the molecule is O=C(NC1CCNC1)C(Oc1ccc(Br)cc1)c1ccccc1. The summed E-state index contributed by atoms with van der Waals surface area (Å²) in [7, 11) is 0. The van der Waals surface area contributed by atoms with Crippen molar-refractivity contribution in [1.29, 1.82) is 0 Å². The lowest BCUT2D eigenvalue weighted by molar-refractivity contribution is -0.128. The van der Waals surface area contributed by atoms with Gasteiger partial charge < -0.3 is 15.4 Å². The molecule has 1 amide bonds. The van der Waals surface area contributed by atoms with Gasteiger partial charge in [-0.15, -0.1) is 0 Å². The Hall–Kier alpha value is -1.85. The molecule has 2 aromatic carbocycles. The van der Waals surface area contributed by atoms with Crippen LogP contribution in [0.3, 0.4) is 0 Å². The fourth-order valence-corrected chi connectivity index (χ4v) is 2.87. The van der Waals surface area contributed by atoms with Crippen LogP contribution in [0.2, 0.25) is 0 Å². The molecular weight excluding hydrogens is 356 g/mol. The molecule has 0 saturated carbocycles. The first-order valence-electron chi connectivity index (χ1n) is 7.70. The Morgan fingerprint density at radius 3 is 2.57 bits per heavy atom. The quantitative estimate of drug-likeness (QED) is 0.845. The maximum absolute atomic E-state index is 12.7. The van der Waals surface area contributed by atoms with E-state index < -0.39 is 6.10 Å². The lowest BCUT2D eigenvalue weighted by atomic mass is 10.1. The number of rotatable bonds is 5. The summed E-state index contributed by atoms with van der Waals surface area (Å²) in [6, 6.07) is 17.3. The van der Waals surface area contributed by atoms with Crippen LogP contribution < -0.4 is 15.4 Å². The first-order chi connectivity index (χ1) is 11.2. The largest absolute Gasteiger partial charge is 0.476 e. The summed E-state index contributed by atoms with van der Waals surface area (Å²) in [5.74, 6) is 0.564. The van der Waals surface area contributed by atoms with Gasteiger partial charge in [-0.2, -0.15) is 0 Å². The van der Waals surface area contributed by atoms with Crippen molar-refractivity contribution >= 4 is 21.8 Å². The first kappa shape index (κ1) is 16.0. The van der Waals surface area contributed by atoms with E-state index >= 15 is 0 Å². The zero-order valence-corrected chi connectivity index (χ0v) is 14.3. The topological polar surface area (TPSA) is 50.4 Å². The number of amides is 1. The van der Waals surface area contributed by atoms with E-state index in [1.165, 1.54) is 0 Å². The molecule has 0 aliphatic carbocycles. The number of hydrogen-bond acceptors (Lipinski definition) is 3. The van der Waals surface area contributed by atoms with Gasteiger partial charge in [-0.1, -0.05) is 46.3 Å². The smallest absolute Gasteiger partial charge is 0.266 e. The zero-order valence-electron chi connectivity index (χ0n) is 12.7. The molecule has 1 aliphatic rings. The minimum Gasteiger partial charge on any atom is -0.476 e. The van der Waals surface area contributed by atoms with Gasteiger partial charge in [0.05, 0.1) is 0 Å². The average Bonchev–Trinajstić information content (AvgIpc) is 3.08. The van der Waals surface area contributed by atoms with Gasteiger partial charge in [0.15, 0.2) is 0 Å². The normalized spacial score (nSPS) is 18.4. The molecule has 3 rings (SSSR count). The summed E-state index contributed by atoms with van der Waals surface area (Å²) >= 11 is 3.40. The van der Waals surface area contributed by atoms with Gasteiger partial charge in [-0.05, 0) is 37.2 Å². The van der Waals surface area contributed by atoms with E-state index in [1.807, 2.05) is 54.6 Å². The van der Waals surface area contributed by atoms with Gasteiger partial charge in [0.1, 0.15) is 5.75 Å². The molecule has 1 heterocycles. The highest BCUT2D eigenvalue weighted by Gasteiger charge is 2.26. The van der Waals surface area contributed by atoms with Crippen molar-refractivity contribution in [2.75, 3.05) is 13.1 Å². The molecule has 2 atom stereocenters. The average molecular weight is 375 g/mol. The van der Waals surface area contributed by atoms with Crippen molar-refractivity contribution in [2.24, 2.45) is 0 Å². The summed E-state index contributed by atoms with van der Waals surface area (Å²) in [6.07, 6.45) is 0.295. The first-order valence-corrected chi connectivity index (χ1v) is 8.50. The van der Waals surface area contributed by atoms with Gasteiger partial charge in [0, 0.05) is 22.6 Å². The second kappa shape index (κ2) is 7.62. The predicted molar refractivity (Wildman–Crippen MR) is 93.4 cm³/mol. The Kier molecular flexibility index (Phi) is 5.31. The molecule has 0 aromatic heterocycles. The van der Waals surface area contributed by atoms with Crippen LogP contribution in [0.15, 0.2) is 59.1 Å². The predicted octanol–water partition coefficient (Wildman–Crippen LogP) is 3.05. The van der Waals surface area contributed by atoms with Gasteiger partial charge in [0.2, 0.25) is 6.10 Å². The fraction of sp³-hybridized carbons (Fsp3) is 0.278. The fourth-order valence-electron chi connectivity index (χ4n) is 2.60. The third-order valence-electron chi connectivity index (χ3n) is 3.81. The molecular formula is C18H19BrN2O2. The molecule has 120 valence electrons. The highest BCUT2D eigenvalue weighted by Crippen LogP contribution is 2.24. The van der Waals surface area contributed by atoms with Crippen molar-refractivity contribution in [1.82, 2.24) is 10.6 Å². The van der Waals surface area contributed by atoms with E-state index in [9.17, 15) is 4.79 Å². The summed E-state index contributed by atoms with van der Waals surface area (Å²) in [5.41, 5.74) is 0.846. The van der Waals surface area contributed by atoms with Crippen LogP contribution in [0.25, 0.3) is 0 Å². The molecule has 2 aromatic rings. The molecule has 1 fully saturated rings. The highest BCUT2D eigenvalue weighted by atomic mass is 79.9. The van der Waals surface area contributed by atoms with Crippen LogP contribution in [0.1, 0.15) is 18.1 Å². The Bertz CT molecular complexity index is 640. The van der Waals surface area contributed by atoms with E-state index in [0.717, 1.165) is 29.5 Å². The highest BCUT2D eigenvalue weighted by molar-refractivity contribution is 9.10. The zero-order chi connectivity index (χ0) is 16.1. The maximum Gasteiger partial charge on any atom is 0.266 e. The summed E-state index contributed by atoms with van der Waals surface area (Å²) in [6.45, 7) is 1.75. The number of nitrogens with one attached hydrogen (secondary N) is 2. The Balaban J connectivity index is 1.78. The third-order valence-corrected chi connectivity index (χ3v) is 4.34. The Morgan fingerprint density at radius 2 is 1.91 bits per heavy atom. The molecule has 1 saturated heterocycles. The Morgan fingerprint density at radius 1 is 1.17 bits per heavy atom. The van der Waals surface area contributed by atoms with Crippen LogP contribution in [0.5, 0.6) is 5.75 Å². The van der Waals surface area contributed by atoms with E-state index in [1.54, 1.807) is 0 Å². The molecule has 2 unspecified atom stereocenters. The summed E-state index contributed by atoms with van der Waals surface area (Å²) < 4.78 is 6.95. The van der Waals surface area contributed by atoms with Crippen molar-refractivity contribution in [3.8, 4) is 5.75 Å². The lowest BCUT2D eigenvalue weighted by Gasteiger charge is -2.21. The van der Waals surface area contributed by atoms with E-state index in [-0.39, 0.29) is 11.9 Å². The van der Waals surface area contributed by atoms with Crippen molar-refractivity contribution in [2.45, 2.75) is 18.6 Å². The van der Waals surface area contributed by atoms with Gasteiger partial charge in [0.25, 0.3) is 5.91 Å². The number of ether oxygens (including phenoxy) is 1. The van der Waals surface area contributed by atoms with Crippen molar-refractivity contribution < 1.29 is 9.53 Å². The molecule has 0 radical (unpaired) electrons. The molecule has 0 bridgehead atoms. The second-order valence-electron chi connectivity index (χ2n) is 5.56. The number of hydrogen-bond donors (Lipinski definition) is 2. The second-order valence-corrected chi connectivity index (χ2v) is 6.48. The number of carbonyl (C=O) groups excluding carboxylic acids is 1. The molecule has 0 spiro atoms. The number of carbonyl (C=O) groups is 1. The summed E-state index contributed by atoms with van der Waals surface area (Å²) in [5, 5.41) is 6.32. The van der Waals surface area contributed by atoms with Gasteiger partial charge in [-0.25, -0.2) is 0 Å². The summed E-state index contributed by atoms with van der Waals surface area (Å²) in [4.78, 5) is 12.7. The van der Waals surface area contributed by atoms with Crippen molar-refractivity contribution in [3.63, 3.8) is 0 Å². The number of benzene rings is 2. The van der Waals surface area contributed by atoms with Gasteiger partial charge >= 0.3 is 0 Å². The van der Waals surface area contributed by atoms with Crippen molar-refractivity contribution in [3.05, 3.63) is 64.6 Å². The van der Waals surface area contributed by atoms with Crippen LogP contribution in [-0.2, 0) is 4.79 Å². The molecule has 2 N–H and O–H groups in total. The monoisotopic (exact) mass is 374 g/mol. The maximum atomic E-state index is 12.7.